The minimum absolute atomic E-state index is 0.0285. The van der Waals surface area contributed by atoms with Crippen LogP contribution in [-0.4, -0.2) is 21.1 Å². The van der Waals surface area contributed by atoms with Crippen LogP contribution in [0.4, 0.5) is 5.69 Å². The second kappa shape index (κ2) is 8.22. The van der Waals surface area contributed by atoms with Crippen LogP contribution in [-0.2, 0) is 16.0 Å². The quantitative estimate of drug-likeness (QED) is 0.354. The molecule has 138 valence electrons. The Morgan fingerprint density at radius 3 is 2.52 bits per heavy atom. The van der Waals surface area contributed by atoms with E-state index in [2.05, 4.69) is 10.2 Å². The third-order valence-electron chi connectivity index (χ3n) is 3.88. The maximum absolute atomic E-state index is 12.0. The molecule has 1 aromatic heterocycles. The molecule has 0 bridgehead atoms. The van der Waals surface area contributed by atoms with Crippen molar-refractivity contribution in [3.63, 3.8) is 0 Å². The van der Waals surface area contributed by atoms with Gasteiger partial charge in [0, 0.05) is 24.1 Å². The lowest BCUT2D eigenvalue weighted by Gasteiger charge is -2.09. The lowest BCUT2D eigenvalue weighted by atomic mass is 10.1. The Balaban J connectivity index is 1.58. The largest absolute Gasteiger partial charge is 0.453 e. The van der Waals surface area contributed by atoms with E-state index in [1.54, 1.807) is 6.92 Å². The number of esters is 1. The number of benzene rings is 2. The lowest BCUT2D eigenvalue weighted by molar-refractivity contribution is -0.384. The highest BCUT2D eigenvalue weighted by Crippen LogP contribution is 2.24. The van der Waals surface area contributed by atoms with Crippen molar-refractivity contribution < 1.29 is 18.9 Å². The van der Waals surface area contributed by atoms with Crippen LogP contribution >= 0.6 is 0 Å². The number of rotatable bonds is 7. The third kappa shape index (κ3) is 4.75. The number of nitrogens with zero attached hydrogens (tertiary/aromatic N) is 3. The minimum Gasteiger partial charge on any atom is -0.453 e. The van der Waals surface area contributed by atoms with E-state index in [0.29, 0.717) is 12.0 Å². The van der Waals surface area contributed by atoms with Crippen LogP contribution in [0, 0.1) is 10.1 Å². The number of nitro groups is 1. The van der Waals surface area contributed by atoms with Crippen molar-refractivity contribution in [2.45, 2.75) is 25.9 Å². The topological polar surface area (TPSA) is 108 Å². The highest BCUT2D eigenvalue weighted by Gasteiger charge is 2.19. The van der Waals surface area contributed by atoms with Gasteiger partial charge in [-0.15, -0.1) is 10.2 Å². The predicted octanol–water partition coefficient (Wildman–Crippen LogP) is 3.88. The molecule has 0 amide bonds. The van der Waals surface area contributed by atoms with E-state index in [0.717, 1.165) is 5.56 Å². The van der Waals surface area contributed by atoms with E-state index >= 15 is 0 Å². The van der Waals surface area contributed by atoms with Crippen LogP contribution in [0.25, 0.3) is 11.5 Å². The number of ether oxygens (including phenoxy) is 1. The highest BCUT2D eigenvalue weighted by molar-refractivity contribution is 5.70. The molecule has 0 aliphatic rings. The fraction of sp³-hybridized carbons (Fsp3) is 0.211. The first-order valence-corrected chi connectivity index (χ1v) is 8.34. The van der Waals surface area contributed by atoms with Crippen molar-refractivity contribution >= 4 is 11.7 Å². The summed E-state index contributed by atoms with van der Waals surface area (Å²) in [5.74, 6) is 0.00457. The second-order valence-corrected chi connectivity index (χ2v) is 5.87. The first kappa shape index (κ1) is 18.2. The first-order chi connectivity index (χ1) is 13.0. The van der Waals surface area contributed by atoms with E-state index in [9.17, 15) is 14.9 Å². The summed E-state index contributed by atoms with van der Waals surface area (Å²) in [7, 11) is 0. The summed E-state index contributed by atoms with van der Waals surface area (Å²) in [6.45, 7) is 1.65. The van der Waals surface area contributed by atoms with Crippen molar-refractivity contribution in [2.24, 2.45) is 0 Å². The van der Waals surface area contributed by atoms with Gasteiger partial charge in [-0.05, 0) is 31.0 Å². The maximum Gasteiger partial charge on any atom is 0.306 e. The minimum atomic E-state index is -0.687. The van der Waals surface area contributed by atoms with E-state index in [1.807, 2.05) is 30.3 Å². The molecule has 0 N–H and O–H groups in total. The molecule has 0 saturated heterocycles. The van der Waals surface area contributed by atoms with Gasteiger partial charge >= 0.3 is 5.97 Å². The van der Waals surface area contributed by atoms with Crippen LogP contribution in [0.15, 0.2) is 59.0 Å². The Labute approximate surface area is 155 Å². The number of hydrogen-bond acceptors (Lipinski definition) is 7. The van der Waals surface area contributed by atoms with Gasteiger partial charge in [0.1, 0.15) is 0 Å². The van der Waals surface area contributed by atoms with E-state index in [-0.39, 0.29) is 29.9 Å². The average molecular weight is 367 g/mol. The third-order valence-corrected chi connectivity index (χ3v) is 3.88. The van der Waals surface area contributed by atoms with E-state index < -0.39 is 11.0 Å². The zero-order valence-electron chi connectivity index (χ0n) is 14.6. The Morgan fingerprint density at radius 2 is 1.85 bits per heavy atom. The van der Waals surface area contributed by atoms with Gasteiger partial charge < -0.3 is 9.15 Å². The summed E-state index contributed by atoms with van der Waals surface area (Å²) in [4.78, 5) is 22.2. The Bertz CT molecular complexity index is 922. The number of carbonyl (C=O) groups is 1. The molecule has 3 rings (SSSR count). The fourth-order valence-electron chi connectivity index (χ4n) is 2.44. The SMILES string of the molecule is C[C@H](OC(=O)CCc1ccccc1)c1nnc(-c2ccc([N+](=O)[O-])cc2)o1. The van der Waals surface area contributed by atoms with Crippen molar-refractivity contribution in [1.29, 1.82) is 0 Å². The standard InChI is InChI=1S/C19H17N3O5/c1-13(26-17(23)12-7-14-5-3-2-4-6-14)18-20-21-19(27-18)15-8-10-16(11-9-15)22(24)25/h2-6,8-11,13H,7,12H2,1H3/t13-/m0/s1. The molecule has 1 atom stereocenters. The number of nitro benzene ring substituents is 1. The zero-order valence-corrected chi connectivity index (χ0v) is 14.6. The number of non-ortho nitro benzene ring substituents is 1. The van der Waals surface area contributed by atoms with Crippen molar-refractivity contribution in [1.82, 2.24) is 10.2 Å². The molecular formula is C19H17N3O5. The smallest absolute Gasteiger partial charge is 0.306 e. The van der Waals surface area contributed by atoms with Gasteiger partial charge in [-0.1, -0.05) is 30.3 Å². The van der Waals surface area contributed by atoms with Gasteiger partial charge in [-0.25, -0.2) is 0 Å². The molecule has 0 unspecified atom stereocenters. The molecule has 3 aromatic rings. The maximum atomic E-state index is 12.0. The van der Waals surface area contributed by atoms with Gasteiger partial charge in [0.2, 0.25) is 5.89 Å². The van der Waals surface area contributed by atoms with Crippen LogP contribution in [0.3, 0.4) is 0 Å². The molecule has 0 aliphatic carbocycles. The molecule has 0 radical (unpaired) electrons. The fourth-order valence-corrected chi connectivity index (χ4v) is 2.44. The summed E-state index contributed by atoms with van der Waals surface area (Å²) >= 11 is 0. The first-order valence-electron chi connectivity index (χ1n) is 8.34. The molecule has 2 aromatic carbocycles. The molecule has 8 heteroatoms. The van der Waals surface area contributed by atoms with Crippen molar-refractivity contribution in [2.75, 3.05) is 0 Å². The molecule has 0 spiro atoms. The van der Waals surface area contributed by atoms with Gasteiger partial charge in [0.15, 0.2) is 6.10 Å². The normalized spacial score (nSPS) is 11.7. The number of aromatic nitrogens is 2. The summed E-state index contributed by atoms with van der Waals surface area (Å²) < 4.78 is 10.9. The van der Waals surface area contributed by atoms with E-state index in [1.165, 1.54) is 24.3 Å². The van der Waals surface area contributed by atoms with Crippen LogP contribution in [0.2, 0.25) is 0 Å². The second-order valence-electron chi connectivity index (χ2n) is 5.87. The van der Waals surface area contributed by atoms with Gasteiger partial charge in [-0.3, -0.25) is 14.9 Å². The summed E-state index contributed by atoms with van der Waals surface area (Å²) in [6.07, 6.45) is 0.148. The van der Waals surface area contributed by atoms with Crippen LogP contribution in [0.1, 0.15) is 30.9 Å². The lowest BCUT2D eigenvalue weighted by Crippen LogP contribution is -2.10. The molecule has 0 saturated carbocycles. The zero-order chi connectivity index (χ0) is 19.2. The van der Waals surface area contributed by atoms with Crippen molar-refractivity contribution in [3.8, 4) is 11.5 Å². The van der Waals surface area contributed by atoms with Crippen LogP contribution < -0.4 is 0 Å². The van der Waals surface area contributed by atoms with Gasteiger partial charge in [-0.2, -0.15) is 0 Å². The molecule has 27 heavy (non-hydrogen) atoms. The molecule has 0 fully saturated rings. The number of aryl methyl sites for hydroxylation is 1. The predicted molar refractivity (Wildman–Crippen MR) is 95.7 cm³/mol. The Kier molecular flexibility index (Phi) is 5.55. The summed E-state index contributed by atoms with van der Waals surface area (Å²) in [5, 5.41) is 18.5. The summed E-state index contributed by atoms with van der Waals surface area (Å²) in [5.41, 5.74) is 1.57. The summed E-state index contributed by atoms with van der Waals surface area (Å²) in [6, 6.07) is 15.4. The molecular weight excluding hydrogens is 350 g/mol. The molecule has 0 aliphatic heterocycles. The Hall–Kier alpha value is -3.55. The Morgan fingerprint density at radius 1 is 1.15 bits per heavy atom. The van der Waals surface area contributed by atoms with Crippen LogP contribution in [0.5, 0.6) is 0 Å². The van der Waals surface area contributed by atoms with Gasteiger partial charge in [0.25, 0.3) is 11.6 Å². The highest BCUT2D eigenvalue weighted by atomic mass is 16.6. The van der Waals surface area contributed by atoms with Gasteiger partial charge in [0.05, 0.1) is 4.92 Å². The number of carbonyl (C=O) groups excluding carboxylic acids is 1. The van der Waals surface area contributed by atoms with E-state index in [4.69, 9.17) is 9.15 Å². The van der Waals surface area contributed by atoms with Crippen molar-refractivity contribution in [3.05, 3.63) is 76.2 Å². The molecule has 8 nitrogen and oxygen atoms in total. The monoisotopic (exact) mass is 367 g/mol. The molecule has 1 heterocycles. The number of hydrogen-bond donors (Lipinski definition) is 0. The average Bonchev–Trinajstić information content (AvgIpc) is 3.18.